The fourth-order valence-electron chi connectivity index (χ4n) is 8.22. The SMILES string of the molecule is CCCCCCCCCCCCCCCCCCC(=O)OC[C@@H](COC(=O)CCCCCCCCCCC)OC(=O)CCCCCCCCCCCCCCCCC(C)C. The molecule has 0 saturated carbocycles. The van der Waals surface area contributed by atoms with Gasteiger partial charge in [-0.25, -0.2) is 0 Å². The first kappa shape index (κ1) is 58.4. The Kier molecular flexibility index (Phi) is 47.2. The van der Waals surface area contributed by atoms with Gasteiger partial charge in [-0.3, -0.25) is 14.4 Å². The van der Waals surface area contributed by atoms with Crippen LogP contribution < -0.4 is 0 Å². The van der Waals surface area contributed by atoms with Gasteiger partial charge in [0.2, 0.25) is 0 Å². The lowest BCUT2D eigenvalue weighted by Gasteiger charge is -2.18. The zero-order valence-corrected chi connectivity index (χ0v) is 40.9. The average Bonchev–Trinajstić information content (AvgIpc) is 3.23. The van der Waals surface area contributed by atoms with E-state index in [1.807, 2.05) is 0 Å². The molecule has 0 unspecified atom stereocenters. The lowest BCUT2D eigenvalue weighted by atomic mass is 10.0. The van der Waals surface area contributed by atoms with Crippen LogP contribution in [0.1, 0.15) is 304 Å². The molecule has 0 bridgehead atoms. The lowest BCUT2D eigenvalue weighted by Crippen LogP contribution is -2.30. The van der Waals surface area contributed by atoms with Crippen LogP contribution in [0.5, 0.6) is 0 Å². The van der Waals surface area contributed by atoms with Crippen molar-refractivity contribution in [2.24, 2.45) is 5.92 Å². The largest absolute Gasteiger partial charge is 0.462 e. The second-order valence-electron chi connectivity index (χ2n) is 19.0. The molecule has 0 heterocycles. The molecule has 356 valence electrons. The number of ether oxygens (including phenoxy) is 3. The Balaban J connectivity index is 4.24. The van der Waals surface area contributed by atoms with Crippen molar-refractivity contribution >= 4 is 17.9 Å². The van der Waals surface area contributed by atoms with Crippen LogP contribution in [-0.4, -0.2) is 37.2 Å². The topological polar surface area (TPSA) is 78.9 Å². The quantitative estimate of drug-likeness (QED) is 0.0345. The van der Waals surface area contributed by atoms with Gasteiger partial charge in [0.15, 0.2) is 6.10 Å². The summed E-state index contributed by atoms with van der Waals surface area (Å²) in [7, 11) is 0. The maximum Gasteiger partial charge on any atom is 0.306 e. The molecule has 0 fully saturated rings. The highest BCUT2D eigenvalue weighted by molar-refractivity contribution is 5.71. The number of rotatable bonds is 49. The molecule has 0 aromatic heterocycles. The molecule has 0 spiro atoms. The van der Waals surface area contributed by atoms with Crippen LogP contribution in [0, 0.1) is 5.92 Å². The third kappa shape index (κ3) is 47.5. The van der Waals surface area contributed by atoms with E-state index in [9.17, 15) is 14.4 Å². The van der Waals surface area contributed by atoms with Crippen LogP contribution in [0.3, 0.4) is 0 Å². The summed E-state index contributed by atoms with van der Waals surface area (Å²) in [6, 6.07) is 0. The highest BCUT2D eigenvalue weighted by atomic mass is 16.6. The predicted octanol–water partition coefficient (Wildman–Crippen LogP) is 17.5. The van der Waals surface area contributed by atoms with Gasteiger partial charge in [0.25, 0.3) is 0 Å². The molecule has 60 heavy (non-hydrogen) atoms. The van der Waals surface area contributed by atoms with Crippen molar-refractivity contribution < 1.29 is 28.6 Å². The van der Waals surface area contributed by atoms with Gasteiger partial charge >= 0.3 is 17.9 Å². The maximum atomic E-state index is 12.8. The lowest BCUT2D eigenvalue weighted by molar-refractivity contribution is -0.167. The molecule has 0 N–H and O–H groups in total. The van der Waals surface area contributed by atoms with Crippen LogP contribution in [0.2, 0.25) is 0 Å². The standard InChI is InChI=1S/C54H104O6/c1-5-7-9-11-13-15-16-17-18-19-23-26-30-34-38-42-46-53(56)59-49-51(48-58-52(55)45-41-37-33-28-14-12-10-8-6-2)60-54(57)47-43-39-35-31-27-24-21-20-22-25-29-32-36-40-44-50(3)4/h50-51H,5-49H2,1-4H3/t51-/m1/s1. The van der Waals surface area contributed by atoms with E-state index in [0.29, 0.717) is 19.3 Å². The maximum absolute atomic E-state index is 12.8. The molecule has 0 aliphatic rings. The molecular formula is C54H104O6. The van der Waals surface area contributed by atoms with Crippen LogP contribution in [0.4, 0.5) is 0 Å². The normalized spacial score (nSPS) is 11.9. The first-order chi connectivity index (χ1) is 29.4. The van der Waals surface area contributed by atoms with Crippen molar-refractivity contribution in [1.82, 2.24) is 0 Å². The average molecular weight is 849 g/mol. The first-order valence-corrected chi connectivity index (χ1v) is 26.9. The molecule has 0 saturated heterocycles. The summed E-state index contributed by atoms with van der Waals surface area (Å²) in [5.74, 6) is -0.000257. The Morgan fingerprint density at radius 3 is 0.817 bits per heavy atom. The van der Waals surface area contributed by atoms with Gasteiger partial charge < -0.3 is 14.2 Å². The van der Waals surface area contributed by atoms with Gasteiger partial charge in [-0.1, -0.05) is 265 Å². The monoisotopic (exact) mass is 849 g/mol. The minimum Gasteiger partial charge on any atom is -0.462 e. The zero-order chi connectivity index (χ0) is 43.8. The van der Waals surface area contributed by atoms with E-state index in [1.54, 1.807) is 0 Å². The predicted molar refractivity (Wildman–Crippen MR) is 257 cm³/mol. The summed E-state index contributed by atoms with van der Waals surface area (Å²) in [4.78, 5) is 37.9. The highest BCUT2D eigenvalue weighted by Crippen LogP contribution is 2.17. The van der Waals surface area contributed by atoms with E-state index in [2.05, 4.69) is 27.7 Å². The molecule has 0 aliphatic carbocycles. The van der Waals surface area contributed by atoms with Gasteiger partial charge in [-0.15, -0.1) is 0 Å². The van der Waals surface area contributed by atoms with E-state index in [1.165, 1.54) is 199 Å². The number of esters is 3. The molecular weight excluding hydrogens is 745 g/mol. The van der Waals surface area contributed by atoms with Gasteiger partial charge in [0.1, 0.15) is 13.2 Å². The Morgan fingerprint density at radius 1 is 0.317 bits per heavy atom. The Hall–Kier alpha value is -1.59. The molecule has 6 heteroatoms. The summed E-state index contributed by atoms with van der Waals surface area (Å²) >= 11 is 0. The smallest absolute Gasteiger partial charge is 0.306 e. The highest BCUT2D eigenvalue weighted by Gasteiger charge is 2.19. The number of carbonyl (C=O) groups excluding carboxylic acids is 3. The van der Waals surface area contributed by atoms with Crippen LogP contribution in [-0.2, 0) is 28.6 Å². The Labute approximate surface area is 374 Å². The summed E-state index contributed by atoms with van der Waals surface area (Å²) in [6.07, 6.45) is 50.9. The van der Waals surface area contributed by atoms with Crippen LogP contribution >= 0.6 is 0 Å². The van der Waals surface area contributed by atoms with Crippen molar-refractivity contribution in [3.8, 4) is 0 Å². The number of hydrogen-bond donors (Lipinski definition) is 0. The molecule has 0 aliphatic heterocycles. The molecule has 1 atom stereocenters. The molecule has 0 rings (SSSR count). The third-order valence-electron chi connectivity index (χ3n) is 12.3. The van der Waals surface area contributed by atoms with Gasteiger partial charge in [-0.05, 0) is 25.2 Å². The number of hydrogen-bond acceptors (Lipinski definition) is 6. The van der Waals surface area contributed by atoms with E-state index >= 15 is 0 Å². The second kappa shape index (κ2) is 48.4. The zero-order valence-electron chi connectivity index (χ0n) is 40.9. The summed E-state index contributed by atoms with van der Waals surface area (Å²) in [5, 5.41) is 0. The van der Waals surface area contributed by atoms with Crippen molar-refractivity contribution in [3.63, 3.8) is 0 Å². The van der Waals surface area contributed by atoms with Gasteiger partial charge in [-0.2, -0.15) is 0 Å². The summed E-state index contributed by atoms with van der Waals surface area (Å²) < 4.78 is 16.8. The molecule has 0 amide bonds. The second-order valence-corrected chi connectivity index (χ2v) is 19.0. The molecule has 0 radical (unpaired) electrons. The third-order valence-corrected chi connectivity index (χ3v) is 12.3. The minimum atomic E-state index is -0.760. The first-order valence-electron chi connectivity index (χ1n) is 26.9. The number of unbranched alkanes of at least 4 members (excludes halogenated alkanes) is 36. The van der Waals surface area contributed by atoms with E-state index < -0.39 is 6.10 Å². The van der Waals surface area contributed by atoms with E-state index in [4.69, 9.17) is 14.2 Å². The molecule has 0 aromatic rings. The van der Waals surface area contributed by atoms with Crippen LogP contribution in [0.25, 0.3) is 0 Å². The van der Waals surface area contributed by atoms with Crippen LogP contribution in [0.15, 0.2) is 0 Å². The van der Waals surface area contributed by atoms with Gasteiger partial charge in [0.05, 0.1) is 0 Å². The fraction of sp³-hybridized carbons (Fsp3) is 0.944. The van der Waals surface area contributed by atoms with E-state index in [0.717, 1.165) is 63.7 Å². The number of carbonyl (C=O) groups is 3. The Morgan fingerprint density at radius 2 is 0.550 bits per heavy atom. The minimum absolute atomic E-state index is 0.0625. The summed E-state index contributed by atoms with van der Waals surface area (Å²) in [5.41, 5.74) is 0. The fourth-order valence-corrected chi connectivity index (χ4v) is 8.22. The van der Waals surface area contributed by atoms with Crippen molar-refractivity contribution in [2.45, 2.75) is 310 Å². The van der Waals surface area contributed by atoms with Crippen molar-refractivity contribution in [2.75, 3.05) is 13.2 Å². The van der Waals surface area contributed by atoms with Gasteiger partial charge in [0, 0.05) is 19.3 Å². The molecule has 6 nitrogen and oxygen atoms in total. The summed E-state index contributed by atoms with van der Waals surface area (Å²) in [6.45, 7) is 9.03. The van der Waals surface area contributed by atoms with E-state index in [-0.39, 0.29) is 31.1 Å². The van der Waals surface area contributed by atoms with Crippen molar-refractivity contribution in [3.05, 3.63) is 0 Å². The Bertz CT molecular complexity index is 903. The molecule has 0 aromatic carbocycles. The van der Waals surface area contributed by atoms with Crippen molar-refractivity contribution in [1.29, 1.82) is 0 Å².